The lowest BCUT2D eigenvalue weighted by Crippen LogP contribution is -2.21. The largest absolute Gasteiger partial charge is 0.440 e. The molecule has 4 rings (SSSR count). The molecule has 0 aliphatic carbocycles. The van der Waals surface area contributed by atoms with Crippen molar-refractivity contribution in [3.8, 4) is 17.6 Å². The third-order valence-corrected chi connectivity index (χ3v) is 5.50. The van der Waals surface area contributed by atoms with Crippen molar-refractivity contribution in [3.05, 3.63) is 105 Å². The van der Waals surface area contributed by atoms with Crippen molar-refractivity contribution in [1.82, 2.24) is 0 Å². The predicted molar refractivity (Wildman–Crippen MR) is 114 cm³/mol. The number of hydrogen-bond acceptors (Lipinski definition) is 5. The van der Waals surface area contributed by atoms with Gasteiger partial charge in [0.15, 0.2) is 0 Å². The van der Waals surface area contributed by atoms with Crippen LogP contribution in [-0.2, 0) is 0 Å². The number of nitrogens with two attached hydrogens (primary N) is 1. The van der Waals surface area contributed by atoms with Crippen LogP contribution in [0, 0.1) is 17.1 Å². The predicted octanol–water partition coefficient (Wildman–Crippen LogP) is 5.57. The van der Waals surface area contributed by atoms with E-state index in [0.717, 1.165) is 0 Å². The van der Waals surface area contributed by atoms with Crippen molar-refractivity contribution in [3.63, 3.8) is 0 Å². The van der Waals surface area contributed by atoms with E-state index in [1.165, 1.54) is 30.3 Å². The molecule has 0 saturated carbocycles. The van der Waals surface area contributed by atoms with Gasteiger partial charge in [0.05, 0.1) is 21.5 Å². The monoisotopic (exact) mass is 454 g/mol. The van der Waals surface area contributed by atoms with Crippen LogP contribution in [0.2, 0.25) is 10.0 Å². The third-order valence-electron chi connectivity index (χ3n) is 4.76. The molecule has 0 amide bonds. The summed E-state index contributed by atoms with van der Waals surface area (Å²) in [5.41, 5.74) is 7.75. The third kappa shape index (κ3) is 4.06. The average Bonchev–Trinajstić information content (AvgIpc) is 2.75. The number of ether oxygens (including phenoxy) is 2. The second-order valence-electron chi connectivity index (χ2n) is 6.69. The maximum Gasteiger partial charge on any atom is 0.343 e. The van der Waals surface area contributed by atoms with E-state index >= 15 is 0 Å². The van der Waals surface area contributed by atoms with Crippen molar-refractivity contribution in [2.75, 3.05) is 0 Å². The number of allylic oxidation sites excluding steroid dienone is 1. The van der Waals surface area contributed by atoms with Gasteiger partial charge in [0, 0.05) is 11.6 Å². The Morgan fingerprint density at radius 1 is 1.06 bits per heavy atom. The maximum atomic E-state index is 13.1. The van der Waals surface area contributed by atoms with Crippen LogP contribution in [0.3, 0.4) is 0 Å². The molecular weight excluding hydrogens is 442 g/mol. The molecule has 1 aliphatic heterocycles. The first-order valence-corrected chi connectivity index (χ1v) is 9.77. The van der Waals surface area contributed by atoms with Crippen LogP contribution in [0.25, 0.3) is 0 Å². The summed E-state index contributed by atoms with van der Waals surface area (Å²) in [6.45, 7) is 0. The normalized spacial score (nSPS) is 15.0. The summed E-state index contributed by atoms with van der Waals surface area (Å²) in [4.78, 5) is 12.3. The van der Waals surface area contributed by atoms with E-state index in [-0.39, 0.29) is 22.8 Å². The van der Waals surface area contributed by atoms with Gasteiger partial charge in [-0.3, -0.25) is 0 Å². The zero-order valence-corrected chi connectivity index (χ0v) is 17.2. The van der Waals surface area contributed by atoms with Crippen molar-refractivity contribution < 1.29 is 18.7 Å². The fourth-order valence-corrected chi connectivity index (χ4v) is 3.59. The van der Waals surface area contributed by atoms with E-state index < -0.39 is 17.7 Å². The molecule has 0 radical (unpaired) electrons. The molecule has 0 aromatic heterocycles. The highest BCUT2D eigenvalue weighted by Gasteiger charge is 2.31. The highest BCUT2D eigenvalue weighted by Crippen LogP contribution is 2.44. The Morgan fingerprint density at radius 2 is 1.81 bits per heavy atom. The molecule has 1 heterocycles. The summed E-state index contributed by atoms with van der Waals surface area (Å²) in [6, 6.07) is 16.9. The molecule has 3 aromatic rings. The van der Waals surface area contributed by atoms with Crippen LogP contribution in [0.5, 0.6) is 11.5 Å². The van der Waals surface area contributed by atoms with E-state index in [4.69, 9.17) is 38.4 Å². The minimum atomic E-state index is -0.655. The molecule has 0 fully saturated rings. The van der Waals surface area contributed by atoms with Crippen LogP contribution < -0.4 is 15.2 Å². The topological polar surface area (TPSA) is 85.3 Å². The number of esters is 1. The second-order valence-corrected chi connectivity index (χ2v) is 7.51. The minimum absolute atomic E-state index is 0.0620. The van der Waals surface area contributed by atoms with Gasteiger partial charge in [0.2, 0.25) is 5.88 Å². The van der Waals surface area contributed by atoms with E-state index in [2.05, 4.69) is 6.07 Å². The summed E-state index contributed by atoms with van der Waals surface area (Å²) >= 11 is 12.2. The van der Waals surface area contributed by atoms with Gasteiger partial charge in [-0.15, -0.1) is 0 Å². The van der Waals surface area contributed by atoms with E-state index in [0.29, 0.717) is 26.9 Å². The number of rotatable bonds is 3. The van der Waals surface area contributed by atoms with Crippen LogP contribution >= 0.6 is 23.2 Å². The van der Waals surface area contributed by atoms with Crippen LogP contribution in [0.4, 0.5) is 4.39 Å². The number of halogens is 3. The van der Waals surface area contributed by atoms with Crippen molar-refractivity contribution in [1.29, 1.82) is 5.26 Å². The highest BCUT2D eigenvalue weighted by molar-refractivity contribution is 6.42. The van der Waals surface area contributed by atoms with Gasteiger partial charge in [-0.1, -0.05) is 35.3 Å². The fourth-order valence-electron chi connectivity index (χ4n) is 3.29. The summed E-state index contributed by atoms with van der Waals surface area (Å²) < 4.78 is 24.1. The summed E-state index contributed by atoms with van der Waals surface area (Å²) in [7, 11) is 0. The zero-order chi connectivity index (χ0) is 22.1. The number of nitrogens with zero attached hydrogens (tertiary/aromatic N) is 1. The molecule has 2 N–H and O–H groups in total. The summed E-state index contributed by atoms with van der Waals surface area (Å²) in [5, 5.41) is 10.4. The molecule has 3 aromatic carbocycles. The first kappa shape index (κ1) is 20.7. The minimum Gasteiger partial charge on any atom is -0.440 e. The Bertz CT molecular complexity index is 1270. The molecule has 5 nitrogen and oxygen atoms in total. The average molecular weight is 455 g/mol. The Balaban J connectivity index is 1.70. The lowest BCUT2D eigenvalue weighted by molar-refractivity contribution is 0.0734. The Hall–Kier alpha value is -3.53. The van der Waals surface area contributed by atoms with Crippen molar-refractivity contribution in [2.24, 2.45) is 5.73 Å². The molecule has 0 spiro atoms. The molecular formula is C23H13Cl2FN2O3. The number of carbonyl (C=O) groups excluding carboxylic acids is 1. The van der Waals surface area contributed by atoms with Crippen LogP contribution in [0.1, 0.15) is 27.4 Å². The van der Waals surface area contributed by atoms with Gasteiger partial charge in [-0.25, -0.2) is 9.18 Å². The molecule has 1 aliphatic rings. The number of benzene rings is 3. The van der Waals surface area contributed by atoms with Gasteiger partial charge >= 0.3 is 5.97 Å². The Morgan fingerprint density at radius 3 is 2.48 bits per heavy atom. The van der Waals surface area contributed by atoms with Crippen molar-refractivity contribution >= 4 is 29.2 Å². The molecule has 8 heteroatoms. The van der Waals surface area contributed by atoms with E-state index in [9.17, 15) is 14.4 Å². The van der Waals surface area contributed by atoms with Gasteiger partial charge in [-0.05, 0) is 48.0 Å². The molecule has 0 bridgehead atoms. The number of nitriles is 1. The quantitative estimate of drug-likeness (QED) is 0.412. The standard InChI is InChI=1S/C23H13Cl2FN2O3/c24-18-8-3-13(9-19(18)25)21-16-7-6-15(10-20(16)31-22(28)17(21)11-27)30-23(29)12-1-4-14(26)5-2-12/h1-10,21H,28H2. The highest BCUT2D eigenvalue weighted by atomic mass is 35.5. The van der Waals surface area contributed by atoms with Crippen LogP contribution in [0.15, 0.2) is 72.1 Å². The van der Waals surface area contributed by atoms with Gasteiger partial charge in [0.1, 0.15) is 29.0 Å². The van der Waals surface area contributed by atoms with Gasteiger partial charge in [-0.2, -0.15) is 5.26 Å². The summed E-state index contributed by atoms with van der Waals surface area (Å²) in [5.74, 6) is -1.18. The fraction of sp³-hybridized carbons (Fsp3) is 0.0435. The van der Waals surface area contributed by atoms with E-state index in [1.807, 2.05) is 0 Å². The molecule has 154 valence electrons. The first-order valence-electron chi connectivity index (χ1n) is 9.01. The maximum absolute atomic E-state index is 13.1. The molecule has 1 unspecified atom stereocenters. The Labute approximate surface area is 187 Å². The smallest absolute Gasteiger partial charge is 0.343 e. The zero-order valence-electron chi connectivity index (χ0n) is 15.7. The second kappa shape index (κ2) is 8.31. The number of carbonyl (C=O) groups is 1. The Kier molecular flexibility index (Phi) is 5.55. The van der Waals surface area contributed by atoms with E-state index in [1.54, 1.807) is 30.3 Å². The van der Waals surface area contributed by atoms with Crippen LogP contribution in [-0.4, -0.2) is 5.97 Å². The molecule has 31 heavy (non-hydrogen) atoms. The lowest BCUT2D eigenvalue weighted by atomic mass is 9.83. The number of fused-ring (bicyclic) bond motifs is 1. The van der Waals surface area contributed by atoms with Gasteiger partial charge < -0.3 is 15.2 Å². The summed E-state index contributed by atoms with van der Waals surface area (Å²) in [6.07, 6.45) is 0. The van der Waals surface area contributed by atoms with Gasteiger partial charge in [0.25, 0.3) is 0 Å². The first-order chi connectivity index (χ1) is 14.9. The molecule has 0 saturated heterocycles. The van der Waals surface area contributed by atoms with Crippen molar-refractivity contribution in [2.45, 2.75) is 5.92 Å². The number of hydrogen-bond donors (Lipinski definition) is 1. The lowest BCUT2D eigenvalue weighted by Gasteiger charge is -2.27. The molecule has 1 atom stereocenters. The SMILES string of the molecule is N#CC1=C(N)Oc2cc(OC(=O)c3ccc(F)cc3)ccc2C1c1ccc(Cl)c(Cl)c1.